The largest absolute Gasteiger partial charge is 0.293 e. The van der Waals surface area contributed by atoms with E-state index in [0.717, 1.165) is 6.08 Å². The summed E-state index contributed by atoms with van der Waals surface area (Å²) in [6, 6.07) is 8.10. The molecule has 19 heavy (non-hydrogen) atoms. The minimum absolute atomic E-state index is 0.0869. The molecule has 0 N–H and O–H groups in total. The number of ketones is 1. The van der Waals surface area contributed by atoms with Crippen LogP contribution in [-0.2, 0) is 4.79 Å². The third-order valence-electron chi connectivity index (χ3n) is 2.67. The standard InChI is InChI=1S/C12H8N2O5/c15-11-7-9(13(16)17)6-10(14(18)19)12(11)8-4-2-1-3-5-8/h1-6H,7H2. The number of Topliss-reactive ketones (excluding diaryl/α,β-unsaturated/α-hetero) is 1. The zero-order chi connectivity index (χ0) is 14.0. The maximum Gasteiger partial charge on any atom is 0.287 e. The lowest BCUT2D eigenvalue weighted by atomic mass is 9.92. The molecule has 96 valence electrons. The molecule has 1 aromatic rings. The molecule has 7 nitrogen and oxygen atoms in total. The first-order valence-corrected chi connectivity index (χ1v) is 5.33. The summed E-state index contributed by atoms with van der Waals surface area (Å²) < 4.78 is 0. The highest BCUT2D eigenvalue weighted by molar-refractivity contribution is 6.23. The molecule has 0 amide bonds. The maximum atomic E-state index is 11.9. The van der Waals surface area contributed by atoms with Gasteiger partial charge in [0.15, 0.2) is 5.78 Å². The smallest absolute Gasteiger partial charge is 0.287 e. The van der Waals surface area contributed by atoms with E-state index in [1.54, 1.807) is 30.3 Å². The van der Waals surface area contributed by atoms with E-state index in [1.165, 1.54) is 0 Å². The van der Waals surface area contributed by atoms with Crippen molar-refractivity contribution in [2.45, 2.75) is 6.42 Å². The first kappa shape index (κ1) is 12.6. The lowest BCUT2D eigenvalue weighted by Crippen LogP contribution is -2.18. The van der Waals surface area contributed by atoms with Crippen LogP contribution >= 0.6 is 0 Å². The van der Waals surface area contributed by atoms with Crippen molar-refractivity contribution in [3.63, 3.8) is 0 Å². The molecule has 0 unspecified atom stereocenters. The number of nitro groups is 2. The number of carbonyl (C=O) groups is 1. The van der Waals surface area contributed by atoms with Crippen LogP contribution < -0.4 is 0 Å². The van der Waals surface area contributed by atoms with E-state index in [4.69, 9.17) is 0 Å². The number of carbonyl (C=O) groups excluding carboxylic acids is 1. The van der Waals surface area contributed by atoms with E-state index in [1.807, 2.05) is 0 Å². The number of nitrogens with zero attached hydrogens (tertiary/aromatic N) is 2. The fourth-order valence-electron chi connectivity index (χ4n) is 1.85. The van der Waals surface area contributed by atoms with Gasteiger partial charge in [-0.1, -0.05) is 30.3 Å². The Morgan fingerprint density at radius 1 is 1.00 bits per heavy atom. The van der Waals surface area contributed by atoms with E-state index in [0.29, 0.717) is 5.56 Å². The van der Waals surface area contributed by atoms with E-state index < -0.39 is 33.4 Å². The van der Waals surface area contributed by atoms with Crippen LogP contribution in [0, 0.1) is 20.2 Å². The van der Waals surface area contributed by atoms with Crippen LogP contribution in [0.5, 0.6) is 0 Å². The number of hydrogen-bond acceptors (Lipinski definition) is 5. The topological polar surface area (TPSA) is 103 Å². The summed E-state index contributed by atoms with van der Waals surface area (Å²) in [7, 11) is 0. The van der Waals surface area contributed by atoms with Gasteiger partial charge in [0.1, 0.15) is 12.0 Å². The van der Waals surface area contributed by atoms with E-state index in [9.17, 15) is 25.0 Å². The molecule has 1 aromatic carbocycles. The summed E-state index contributed by atoms with van der Waals surface area (Å²) in [6.45, 7) is 0. The molecule has 0 spiro atoms. The van der Waals surface area contributed by atoms with Gasteiger partial charge >= 0.3 is 0 Å². The van der Waals surface area contributed by atoms with Gasteiger partial charge in [0.2, 0.25) is 0 Å². The van der Waals surface area contributed by atoms with Crippen LogP contribution in [0.1, 0.15) is 12.0 Å². The Kier molecular flexibility index (Phi) is 3.19. The molecule has 0 radical (unpaired) electrons. The third-order valence-corrected chi connectivity index (χ3v) is 2.67. The highest BCUT2D eigenvalue weighted by Gasteiger charge is 2.34. The first-order valence-electron chi connectivity index (χ1n) is 5.33. The fraction of sp³-hybridized carbons (Fsp3) is 0.0833. The van der Waals surface area contributed by atoms with Crippen LogP contribution in [-0.4, -0.2) is 15.6 Å². The number of hydrogen-bond donors (Lipinski definition) is 0. The number of benzene rings is 1. The van der Waals surface area contributed by atoms with Crippen LogP contribution in [0.2, 0.25) is 0 Å². The Morgan fingerprint density at radius 3 is 2.16 bits per heavy atom. The Labute approximate surface area is 107 Å². The third kappa shape index (κ3) is 2.39. The minimum atomic E-state index is -0.775. The predicted molar refractivity (Wildman–Crippen MR) is 65.1 cm³/mol. The molecule has 7 heteroatoms. The molecule has 0 fully saturated rings. The lowest BCUT2D eigenvalue weighted by Gasteiger charge is -2.10. The quantitative estimate of drug-likeness (QED) is 0.608. The average Bonchev–Trinajstić information content (AvgIpc) is 2.38. The Morgan fingerprint density at radius 2 is 1.63 bits per heavy atom. The zero-order valence-corrected chi connectivity index (χ0v) is 9.61. The van der Waals surface area contributed by atoms with Crippen molar-refractivity contribution in [2.75, 3.05) is 0 Å². The van der Waals surface area contributed by atoms with E-state index in [2.05, 4.69) is 0 Å². The molecule has 0 atom stereocenters. The second-order valence-electron chi connectivity index (χ2n) is 3.88. The van der Waals surface area contributed by atoms with Crippen molar-refractivity contribution in [3.8, 4) is 0 Å². The molecule has 0 bridgehead atoms. The highest BCUT2D eigenvalue weighted by Crippen LogP contribution is 2.29. The first-order chi connectivity index (χ1) is 9.00. The molecule has 1 aliphatic rings. The van der Waals surface area contributed by atoms with Gasteiger partial charge < -0.3 is 0 Å². The zero-order valence-electron chi connectivity index (χ0n) is 9.61. The summed E-state index contributed by atoms with van der Waals surface area (Å²) in [5.41, 5.74) is -0.695. The Bertz CT molecular complexity index is 631. The molecule has 2 rings (SSSR count). The number of rotatable bonds is 3. The molecule has 0 aromatic heterocycles. The summed E-state index contributed by atoms with van der Waals surface area (Å²) in [5.74, 6) is -0.618. The van der Waals surface area contributed by atoms with Crippen molar-refractivity contribution < 1.29 is 14.6 Å². The molecular formula is C12H8N2O5. The van der Waals surface area contributed by atoms with Crippen molar-refractivity contribution >= 4 is 11.4 Å². The molecule has 1 aliphatic carbocycles. The highest BCUT2D eigenvalue weighted by atomic mass is 16.6. The Balaban J connectivity index is 2.65. The van der Waals surface area contributed by atoms with Crippen molar-refractivity contribution in [3.05, 3.63) is 73.6 Å². The second kappa shape index (κ2) is 4.81. The molecule has 0 saturated carbocycles. The van der Waals surface area contributed by atoms with Gasteiger partial charge in [-0.3, -0.25) is 25.0 Å². The monoisotopic (exact) mass is 260 g/mol. The van der Waals surface area contributed by atoms with Crippen molar-refractivity contribution in [1.82, 2.24) is 0 Å². The van der Waals surface area contributed by atoms with Gasteiger partial charge in [-0.25, -0.2) is 0 Å². The predicted octanol–water partition coefficient (Wildman–Crippen LogP) is 1.81. The summed E-state index contributed by atoms with van der Waals surface area (Å²) in [5, 5.41) is 21.6. The van der Waals surface area contributed by atoms with Gasteiger partial charge in [0, 0.05) is 0 Å². The van der Waals surface area contributed by atoms with Crippen molar-refractivity contribution in [1.29, 1.82) is 0 Å². The van der Waals surface area contributed by atoms with Crippen LogP contribution in [0.15, 0.2) is 47.8 Å². The molecule has 0 saturated heterocycles. The molecular weight excluding hydrogens is 252 g/mol. The average molecular weight is 260 g/mol. The number of allylic oxidation sites excluding steroid dienone is 3. The summed E-state index contributed by atoms with van der Waals surface area (Å²) in [4.78, 5) is 32.0. The molecule has 0 heterocycles. The van der Waals surface area contributed by atoms with Crippen LogP contribution in [0.25, 0.3) is 5.57 Å². The van der Waals surface area contributed by atoms with Gasteiger partial charge in [-0.05, 0) is 5.56 Å². The van der Waals surface area contributed by atoms with E-state index in [-0.39, 0.29) is 5.57 Å². The fourth-order valence-corrected chi connectivity index (χ4v) is 1.85. The molecule has 0 aliphatic heterocycles. The van der Waals surface area contributed by atoms with Crippen molar-refractivity contribution in [2.24, 2.45) is 0 Å². The second-order valence-corrected chi connectivity index (χ2v) is 3.88. The SMILES string of the molecule is O=C1CC([N+](=O)[O-])=CC([N+](=O)[O-])=C1c1ccccc1. The summed E-state index contributed by atoms with van der Waals surface area (Å²) in [6.07, 6.45) is 0.415. The van der Waals surface area contributed by atoms with Gasteiger partial charge in [0.25, 0.3) is 11.4 Å². The van der Waals surface area contributed by atoms with Gasteiger partial charge in [-0.2, -0.15) is 0 Å². The minimum Gasteiger partial charge on any atom is -0.293 e. The van der Waals surface area contributed by atoms with Crippen LogP contribution in [0.4, 0.5) is 0 Å². The van der Waals surface area contributed by atoms with E-state index >= 15 is 0 Å². The normalized spacial score (nSPS) is 15.2. The van der Waals surface area contributed by atoms with Gasteiger partial charge in [0.05, 0.1) is 15.9 Å². The summed E-state index contributed by atoms with van der Waals surface area (Å²) >= 11 is 0. The lowest BCUT2D eigenvalue weighted by molar-refractivity contribution is -0.435. The Hall–Kier alpha value is -2.83. The van der Waals surface area contributed by atoms with Gasteiger partial charge in [-0.15, -0.1) is 0 Å². The van der Waals surface area contributed by atoms with Crippen LogP contribution in [0.3, 0.4) is 0 Å². The maximum absolute atomic E-state index is 11.9.